The average Bonchev–Trinajstić information content (AvgIpc) is 2.58. The maximum absolute atomic E-state index is 11.7. The van der Waals surface area contributed by atoms with Gasteiger partial charge in [-0.15, -0.1) is 0 Å². The summed E-state index contributed by atoms with van der Waals surface area (Å²) in [5.41, 5.74) is -0.488. The molecule has 0 N–H and O–H groups in total. The number of likely N-dealkylation sites (N-methyl/N-ethyl adjacent to an activating group) is 1. The lowest BCUT2D eigenvalue weighted by Crippen LogP contribution is -2.36. The highest BCUT2D eigenvalue weighted by atomic mass is 79.9. The minimum atomic E-state index is -0.488. The Kier molecular flexibility index (Phi) is 5.22. The number of carbonyl (C=O) groups is 1. The molecule has 19 heavy (non-hydrogen) atoms. The average molecular weight is 334 g/mol. The molecular weight excluding hydrogens is 314 g/mol. The highest BCUT2D eigenvalue weighted by Gasteiger charge is 2.19. The Balaban J connectivity index is 2.37. The molecule has 0 spiro atoms. The minimum Gasteiger partial charge on any atom is -0.487 e. The van der Waals surface area contributed by atoms with Gasteiger partial charge >= 0.3 is 6.09 Å². The van der Waals surface area contributed by atoms with Gasteiger partial charge in [-0.2, -0.15) is 5.10 Å². The summed E-state index contributed by atoms with van der Waals surface area (Å²) >= 11 is 3.36. The van der Waals surface area contributed by atoms with Crippen LogP contribution in [-0.4, -0.2) is 46.6 Å². The van der Waals surface area contributed by atoms with Crippen LogP contribution in [0.5, 0.6) is 5.75 Å². The zero-order valence-corrected chi connectivity index (χ0v) is 13.5. The molecule has 1 rings (SSSR count). The number of hydrogen-bond donors (Lipinski definition) is 0. The van der Waals surface area contributed by atoms with E-state index in [0.717, 1.165) is 4.60 Å². The fourth-order valence-electron chi connectivity index (χ4n) is 1.22. The third-order valence-electron chi connectivity index (χ3n) is 2.23. The van der Waals surface area contributed by atoms with Gasteiger partial charge in [0.1, 0.15) is 16.8 Å². The van der Waals surface area contributed by atoms with Gasteiger partial charge in [0.15, 0.2) is 5.75 Å². The van der Waals surface area contributed by atoms with Crippen LogP contribution < -0.4 is 4.74 Å². The van der Waals surface area contributed by atoms with E-state index in [-0.39, 0.29) is 6.09 Å². The van der Waals surface area contributed by atoms with Gasteiger partial charge in [-0.1, -0.05) is 0 Å². The zero-order valence-electron chi connectivity index (χ0n) is 11.9. The van der Waals surface area contributed by atoms with Crippen LogP contribution in [0, 0.1) is 0 Å². The van der Waals surface area contributed by atoms with Crippen LogP contribution in [0.1, 0.15) is 20.8 Å². The molecule has 0 aliphatic heterocycles. The molecule has 0 saturated heterocycles. The Morgan fingerprint density at radius 1 is 1.53 bits per heavy atom. The fraction of sp³-hybridized carbons (Fsp3) is 0.667. The second kappa shape index (κ2) is 6.27. The van der Waals surface area contributed by atoms with E-state index in [1.165, 1.54) is 4.90 Å². The number of hydrogen-bond acceptors (Lipinski definition) is 4. The fourth-order valence-corrected chi connectivity index (χ4v) is 1.53. The molecule has 0 radical (unpaired) electrons. The van der Waals surface area contributed by atoms with Crippen molar-refractivity contribution in [2.75, 3.05) is 20.2 Å². The van der Waals surface area contributed by atoms with E-state index in [4.69, 9.17) is 9.47 Å². The van der Waals surface area contributed by atoms with E-state index in [1.807, 2.05) is 27.8 Å². The summed E-state index contributed by atoms with van der Waals surface area (Å²) in [4.78, 5) is 13.2. The van der Waals surface area contributed by atoms with Crippen molar-refractivity contribution in [1.82, 2.24) is 14.7 Å². The SMILES string of the molecule is CN(CCOc1cnn(C)c1Br)C(=O)OC(C)(C)C. The van der Waals surface area contributed by atoms with Crippen molar-refractivity contribution in [3.63, 3.8) is 0 Å². The molecule has 0 unspecified atom stereocenters. The van der Waals surface area contributed by atoms with Crippen molar-refractivity contribution in [1.29, 1.82) is 0 Å². The van der Waals surface area contributed by atoms with E-state index >= 15 is 0 Å². The number of carbonyl (C=O) groups excluding carboxylic acids is 1. The van der Waals surface area contributed by atoms with Gasteiger partial charge in [0.2, 0.25) is 0 Å². The van der Waals surface area contributed by atoms with Crippen molar-refractivity contribution in [3.05, 3.63) is 10.8 Å². The summed E-state index contributed by atoms with van der Waals surface area (Å²) in [6, 6.07) is 0. The number of amides is 1. The van der Waals surface area contributed by atoms with Crippen molar-refractivity contribution in [2.24, 2.45) is 7.05 Å². The number of ether oxygens (including phenoxy) is 2. The molecule has 0 bridgehead atoms. The monoisotopic (exact) mass is 333 g/mol. The third-order valence-corrected chi connectivity index (χ3v) is 3.13. The molecule has 0 saturated carbocycles. The Labute approximate surface area is 121 Å². The topological polar surface area (TPSA) is 56.6 Å². The van der Waals surface area contributed by atoms with E-state index in [1.54, 1.807) is 17.9 Å². The summed E-state index contributed by atoms with van der Waals surface area (Å²) < 4.78 is 13.2. The number of halogens is 1. The predicted octanol–water partition coefficient (Wildman–Crippen LogP) is 2.43. The van der Waals surface area contributed by atoms with E-state index < -0.39 is 5.60 Å². The van der Waals surface area contributed by atoms with Crippen molar-refractivity contribution in [2.45, 2.75) is 26.4 Å². The van der Waals surface area contributed by atoms with Gasteiger partial charge in [-0.25, -0.2) is 4.79 Å². The molecule has 0 aliphatic rings. The number of nitrogens with zero attached hydrogens (tertiary/aromatic N) is 3. The highest BCUT2D eigenvalue weighted by molar-refractivity contribution is 9.10. The van der Waals surface area contributed by atoms with Gasteiger partial charge in [-0.05, 0) is 36.7 Å². The summed E-state index contributed by atoms with van der Waals surface area (Å²) in [5, 5.41) is 4.04. The number of rotatable bonds is 4. The first-order valence-electron chi connectivity index (χ1n) is 5.95. The predicted molar refractivity (Wildman–Crippen MR) is 75.3 cm³/mol. The van der Waals surface area contributed by atoms with Crippen LogP contribution in [0.15, 0.2) is 10.8 Å². The molecule has 1 aromatic heterocycles. The molecule has 108 valence electrons. The molecule has 0 fully saturated rings. The van der Waals surface area contributed by atoms with Crippen LogP contribution in [0.3, 0.4) is 0 Å². The zero-order chi connectivity index (χ0) is 14.6. The molecule has 0 aliphatic carbocycles. The van der Waals surface area contributed by atoms with Crippen LogP contribution in [0.4, 0.5) is 4.79 Å². The van der Waals surface area contributed by atoms with Gasteiger partial charge < -0.3 is 14.4 Å². The van der Waals surface area contributed by atoms with Crippen LogP contribution in [0.2, 0.25) is 0 Å². The van der Waals surface area contributed by atoms with Crippen LogP contribution in [-0.2, 0) is 11.8 Å². The highest BCUT2D eigenvalue weighted by Crippen LogP contribution is 2.22. The molecular formula is C12H20BrN3O3. The molecule has 1 amide bonds. The quantitative estimate of drug-likeness (QED) is 0.849. The first-order chi connectivity index (χ1) is 8.70. The molecule has 6 nitrogen and oxygen atoms in total. The van der Waals surface area contributed by atoms with E-state index in [2.05, 4.69) is 21.0 Å². The van der Waals surface area contributed by atoms with Crippen molar-refractivity contribution >= 4 is 22.0 Å². The van der Waals surface area contributed by atoms with Gasteiger partial charge in [0.25, 0.3) is 0 Å². The van der Waals surface area contributed by atoms with Crippen molar-refractivity contribution in [3.8, 4) is 5.75 Å². The second-order valence-corrected chi connectivity index (χ2v) is 5.92. The first-order valence-corrected chi connectivity index (χ1v) is 6.74. The summed E-state index contributed by atoms with van der Waals surface area (Å²) in [6.45, 7) is 6.32. The Bertz CT molecular complexity index is 440. The maximum atomic E-state index is 11.7. The summed E-state index contributed by atoms with van der Waals surface area (Å²) in [6.07, 6.45) is 1.26. The lowest BCUT2D eigenvalue weighted by molar-refractivity contribution is 0.0278. The van der Waals surface area contributed by atoms with E-state index in [0.29, 0.717) is 18.9 Å². The third kappa shape index (κ3) is 5.10. The standard InChI is InChI=1S/C12H20BrN3O3/c1-12(2,3)19-11(17)15(4)6-7-18-9-8-14-16(5)10(9)13/h8H,6-7H2,1-5H3. The van der Waals surface area contributed by atoms with Crippen molar-refractivity contribution < 1.29 is 14.3 Å². The Morgan fingerprint density at radius 2 is 2.16 bits per heavy atom. The molecule has 0 aromatic carbocycles. The lowest BCUT2D eigenvalue weighted by Gasteiger charge is -2.24. The molecule has 1 heterocycles. The smallest absolute Gasteiger partial charge is 0.410 e. The van der Waals surface area contributed by atoms with Gasteiger partial charge in [-0.3, -0.25) is 4.68 Å². The second-order valence-electron chi connectivity index (χ2n) is 5.17. The van der Waals surface area contributed by atoms with E-state index in [9.17, 15) is 4.79 Å². The maximum Gasteiger partial charge on any atom is 0.410 e. The molecule has 7 heteroatoms. The summed E-state index contributed by atoms with van der Waals surface area (Å²) in [7, 11) is 3.49. The Hall–Kier alpha value is -1.24. The summed E-state index contributed by atoms with van der Waals surface area (Å²) in [5.74, 6) is 0.653. The normalized spacial score (nSPS) is 11.3. The Morgan fingerprint density at radius 3 is 2.63 bits per heavy atom. The van der Waals surface area contributed by atoms with Gasteiger partial charge in [0.05, 0.1) is 12.7 Å². The minimum absolute atomic E-state index is 0.360. The molecule has 1 aromatic rings. The first kappa shape index (κ1) is 15.8. The van der Waals surface area contributed by atoms with Crippen LogP contribution in [0.25, 0.3) is 0 Å². The number of aryl methyl sites for hydroxylation is 1. The lowest BCUT2D eigenvalue weighted by atomic mass is 10.2. The molecule has 0 atom stereocenters. The number of aromatic nitrogens is 2. The van der Waals surface area contributed by atoms with Crippen LogP contribution >= 0.6 is 15.9 Å². The largest absolute Gasteiger partial charge is 0.487 e. The van der Waals surface area contributed by atoms with Gasteiger partial charge in [0, 0.05) is 14.1 Å².